The van der Waals surface area contributed by atoms with Crippen molar-refractivity contribution in [2.45, 2.75) is 33.3 Å². The minimum Gasteiger partial charge on any atom is -0.493 e. The summed E-state index contributed by atoms with van der Waals surface area (Å²) in [7, 11) is 0. The van der Waals surface area contributed by atoms with Crippen molar-refractivity contribution in [2.75, 3.05) is 13.2 Å². The summed E-state index contributed by atoms with van der Waals surface area (Å²) in [6.07, 6.45) is 1.65. The first kappa shape index (κ1) is 19.6. The van der Waals surface area contributed by atoms with Gasteiger partial charge in [0, 0.05) is 17.7 Å². The maximum absolute atomic E-state index is 12.2. The fourth-order valence-corrected chi connectivity index (χ4v) is 2.64. The van der Waals surface area contributed by atoms with Crippen molar-refractivity contribution in [1.29, 1.82) is 0 Å². The van der Waals surface area contributed by atoms with E-state index in [9.17, 15) is 4.79 Å². The number of nitrogens with one attached hydrogen (secondary N) is 1. The van der Waals surface area contributed by atoms with Gasteiger partial charge < -0.3 is 14.8 Å². The van der Waals surface area contributed by atoms with Crippen molar-refractivity contribution in [3.63, 3.8) is 0 Å². The molecule has 0 spiro atoms. The molecule has 26 heavy (non-hydrogen) atoms. The molecular formula is C22H27NO3. The monoisotopic (exact) mass is 353 g/mol. The molecule has 2 aromatic rings. The van der Waals surface area contributed by atoms with Crippen molar-refractivity contribution in [1.82, 2.24) is 5.32 Å². The Kier molecular flexibility index (Phi) is 7.27. The lowest BCUT2D eigenvalue weighted by Crippen LogP contribution is -2.23. The predicted octanol–water partition coefficient (Wildman–Crippen LogP) is 4.70. The molecule has 4 heteroatoms. The van der Waals surface area contributed by atoms with Gasteiger partial charge in [0.1, 0.15) is 18.1 Å². The van der Waals surface area contributed by atoms with Crippen LogP contribution in [0.5, 0.6) is 11.5 Å². The lowest BCUT2D eigenvalue weighted by atomic mass is 10.0. The highest BCUT2D eigenvalue weighted by Gasteiger charge is 2.12. The van der Waals surface area contributed by atoms with Crippen LogP contribution in [-0.4, -0.2) is 19.1 Å². The highest BCUT2D eigenvalue weighted by atomic mass is 16.5. The number of amides is 1. The third-order valence-corrected chi connectivity index (χ3v) is 3.95. The molecule has 0 aliphatic carbocycles. The smallest absolute Gasteiger partial charge is 0.251 e. The summed E-state index contributed by atoms with van der Waals surface area (Å²) >= 11 is 0. The summed E-state index contributed by atoms with van der Waals surface area (Å²) in [6, 6.07) is 13.4. The topological polar surface area (TPSA) is 47.6 Å². The van der Waals surface area contributed by atoms with Crippen LogP contribution in [0.2, 0.25) is 0 Å². The molecule has 0 aliphatic rings. The molecule has 0 bridgehead atoms. The summed E-state index contributed by atoms with van der Waals surface area (Å²) in [5, 5.41) is 2.79. The third-order valence-electron chi connectivity index (χ3n) is 3.95. The van der Waals surface area contributed by atoms with Gasteiger partial charge in [-0.3, -0.25) is 4.79 Å². The van der Waals surface area contributed by atoms with Gasteiger partial charge in [0.05, 0.1) is 6.61 Å². The molecule has 0 atom stereocenters. The number of hydrogen-bond acceptors (Lipinski definition) is 3. The van der Waals surface area contributed by atoms with E-state index >= 15 is 0 Å². The second-order valence-electron chi connectivity index (χ2n) is 6.24. The average molecular weight is 353 g/mol. The Hall–Kier alpha value is -2.75. The zero-order chi connectivity index (χ0) is 18.9. The van der Waals surface area contributed by atoms with E-state index in [4.69, 9.17) is 9.47 Å². The minimum atomic E-state index is -0.142. The molecule has 0 unspecified atom stereocenters. The van der Waals surface area contributed by atoms with Crippen LogP contribution in [0.3, 0.4) is 0 Å². The van der Waals surface area contributed by atoms with Gasteiger partial charge in [0.25, 0.3) is 5.91 Å². The van der Waals surface area contributed by atoms with Crippen LogP contribution in [0.1, 0.15) is 48.2 Å². The molecule has 0 aliphatic heterocycles. The Balaban J connectivity index is 2.23. The quantitative estimate of drug-likeness (QED) is 0.665. The Morgan fingerprint density at radius 1 is 1.15 bits per heavy atom. The van der Waals surface area contributed by atoms with Crippen LogP contribution in [-0.2, 0) is 6.61 Å². The highest BCUT2D eigenvalue weighted by Crippen LogP contribution is 2.28. The van der Waals surface area contributed by atoms with Crippen LogP contribution in [0.15, 0.2) is 55.1 Å². The minimum absolute atomic E-state index is 0.142. The normalized spacial score (nSPS) is 10.5. The molecule has 0 radical (unpaired) electrons. The van der Waals surface area contributed by atoms with Gasteiger partial charge in [-0.15, -0.1) is 6.58 Å². The first-order valence-corrected chi connectivity index (χ1v) is 8.93. The molecule has 138 valence electrons. The van der Waals surface area contributed by atoms with Crippen LogP contribution in [0, 0.1) is 0 Å². The van der Waals surface area contributed by atoms with Gasteiger partial charge in [0.15, 0.2) is 0 Å². The van der Waals surface area contributed by atoms with E-state index in [0.717, 1.165) is 22.6 Å². The molecule has 4 nitrogen and oxygen atoms in total. The maximum atomic E-state index is 12.2. The lowest BCUT2D eigenvalue weighted by Gasteiger charge is -2.16. The zero-order valence-corrected chi connectivity index (χ0v) is 15.7. The Bertz CT molecular complexity index is 753. The molecule has 2 rings (SSSR count). The van der Waals surface area contributed by atoms with Crippen LogP contribution in [0.4, 0.5) is 0 Å². The number of benzene rings is 2. The van der Waals surface area contributed by atoms with Crippen LogP contribution >= 0.6 is 0 Å². The largest absolute Gasteiger partial charge is 0.493 e. The second kappa shape index (κ2) is 9.66. The van der Waals surface area contributed by atoms with E-state index in [2.05, 4.69) is 31.8 Å². The third kappa shape index (κ3) is 5.12. The first-order valence-electron chi connectivity index (χ1n) is 8.93. The Labute approximate surface area is 155 Å². The standard InChI is InChI=1S/C22H27NO3/c1-5-13-23-22(24)17-11-12-20(25-6-2)18(14-17)15-26-21-10-8-7-9-19(21)16(3)4/h5,7-12,14,16H,1,6,13,15H2,2-4H3,(H,23,24). The molecule has 2 aromatic carbocycles. The number of para-hydroxylation sites is 1. The molecule has 1 amide bonds. The summed E-state index contributed by atoms with van der Waals surface area (Å²) in [5.41, 5.74) is 2.58. The van der Waals surface area contributed by atoms with Crippen molar-refractivity contribution in [2.24, 2.45) is 0 Å². The zero-order valence-electron chi connectivity index (χ0n) is 15.7. The van der Waals surface area contributed by atoms with Gasteiger partial charge in [-0.25, -0.2) is 0 Å². The van der Waals surface area contributed by atoms with E-state index < -0.39 is 0 Å². The summed E-state index contributed by atoms with van der Waals surface area (Å²) in [4.78, 5) is 12.2. The van der Waals surface area contributed by atoms with Gasteiger partial charge in [-0.05, 0) is 42.7 Å². The van der Waals surface area contributed by atoms with Crippen LogP contribution in [0.25, 0.3) is 0 Å². The summed E-state index contributed by atoms with van der Waals surface area (Å²) < 4.78 is 11.8. The fourth-order valence-electron chi connectivity index (χ4n) is 2.64. The van der Waals surface area contributed by atoms with Crippen molar-refractivity contribution in [3.05, 3.63) is 71.8 Å². The van der Waals surface area contributed by atoms with E-state index in [1.807, 2.05) is 37.3 Å². The molecule has 1 N–H and O–H groups in total. The summed E-state index contributed by atoms with van der Waals surface area (Å²) in [5.74, 6) is 1.81. The van der Waals surface area contributed by atoms with Crippen molar-refractivity contribution in [3.8, 4) is 11.5 Å². The number of carbonyl (C=O) groups excluding carboxylic acids is 1. The highest BCUT2D eigenvalue weighted by molar-refractivity contribution is 5.94. The molecule has 0 fully saturated rings. The number of carbonyl (C=O) groups is 1. The Morgan fingerprint density at radius 3 is 2.62 bits per heavy atom. The Morgan fingerprint density at radius 2 is 1.92 bits per heavy atom. The number of hydrogen-bond donors (Lipinski definition) is 1. The lowest BCUT2D eigenvalue weighted by molar-refractivity contribution is 0.0958. The van der Waals surface area contributed by atoms with Gasteiger partial charge in [-0.1, -0.05) is 38.1 Å². The molecule has 0 saturated heterocycles. The molecule has 0 aromatic heterocycles. The molecular weight excluding hydrogens is 326 g/mol. The number of ether oxygens (including phenoxy) is 2. The van der Waals surface area contributed by atoms with E-state index in [1.54, 1.807) is 12.1 Å². The first-order chi connectivity index (χ1) is 12.6. The van der Waals surface area contributed by atoms with Crippen LogP contribution < -0.4 is 14.8 Å². The molecule has 0 heterocycles. The van der Waals surface area contributed by atoms with E-state index in [0.29, 0.717) is 31.2 Å². The van der Waals surface area contributed by atoms with Gasteiger partial charge in [0.2, 0.25) is 0 Å². The van der Waals surface area contributed by atoms with E-state index in [-0.39, 0.29) is 5.91 Å². The fraction of sp³-hybridized carbons (Fsp3) is 0.318. The van der Waals surface area contributed by atoms with Crippen molar-refractivity contribution >= 4 is 5.91 Å². The van der Waals surface area contributed by atoms with Gasteiger partial charge in [-0.2, -0.15) is 0 Å². The average Bonchev–Trinajstić information content (AvgIpc) is 2.65. The van der Waals surface area contributed by atoms with Crippen molar-refractivity contribution < 1.29 is 14.3 Å². The predicted molar refractivity (Wildman–Crippen MR) is 105 cm³/mol. The second-order valence-corrected chi connectivity index (χ2v) is 6.24. The maximum Gasteiger partial charge on any atom is 0.251 e. The molecule has 0 saturated carbocycles. The van der Waals surface area contributed by atoms with E-state index in [1.165, 1.54) is 0 Å². The number of rotatable bonds is 9. The summed E-state index contributed by atoms with van der Waals surface area (Å²) in [6.45, 7) is 11.1. The van der Waals surface area contributed by atoms with Gasteiger partial charge >= 0.3 is 0 Å². The SMILES string of the molecule is C=CCNC(=O)c1ccc(OCC)c(COc2ccccc2C(C)C)c1.